The molecule has 0 aliphatic rings. The van der Waals surface area contributed by atoms with Gasteiger partial charge in [0.15, 0.2) is 0 Å². The molecule has 0 heterocycles. The van der Waals surface area contributed by atoms with E-state index >= 15 is 0 Å². The fourth-order valence-electron chi connectivity index (χ4n) is 1.28. The largest absolute Gasteiger partial charge is 0.506 e. The number of hydrogen-bond donors (Lipinski definition) is 2. The third kappa shape index (κ3) is 3.94. The van der Waals surface area contributed by atoms with E-state index in [1.54, 1.807) is 0 Å². The molecule has 0 aromatic heterocycles. The average Bonchev–Trinajstić information content (AvgIpc) is 2.13. The molecule has 0 unspecified atom stereocenters. The summed E-state index contributed by atoms with van der Waals surface area (Å²) in [6.07, 6.45) is 2.00. The fraction of sp³-hybridized carbons (Fsp3) is 0.400. The molecule has 1 rings (SSSR count). The summed E-state index contributed by atoms with van der Waals surface area (Å²) in [5.41, 5.74) is 7.00. The molecule has 0 fully saturated rings. The maximum Gasteiger partial charge on any atom is 0.143 e. The molecule has 0 aliphatic carbocycles. The summed E-state index contributed by atoms with van der Waals surface area (Å²) in [6.45, 7) is 2.10. The molecule has 3 N–H and O–H groups in total. The molecule has 15 heavy (non-hydrogen) atoms. The summed E-state index contributed by atoms with van der Waals surface area (Å²) in [5.74, 6) is 0.220. The van der Waals surface area contributed by atoms with Crippen LogP contribution >= 0.6 is 44.3 Å². The lowest BCUT2D eigenvalue weighted by molar-refractivity contribution is 0.467. The highest BCUT2D eigenvalue weighted by molar-refractivity contribution is 9.11. The van der Waals surface area contributed by atoms with Gasteiger partial charge in [-0.25, -0.2) is 0 Å². The number of hydrogen-bond acceptors (Lipinski definition) is 2. The maximum atomic E-state index is 9.51. The Bertz CT molecular complexity index is 310. The summed E-state index contributed by atoms with van der Waals surface area (Å²) in [7, 11) is 0. The van der Waals surface area contributed by atoms with Crippen LogP contribution in [0.2, 0.25) is 0 Å². The SMILES string of the molecule is CCC[C@H](N)c1cc(Br)c(O)c(Br)c1.Cl. The minimum absolute atomic E-state index is 0. The number of halogens is 3. The van der Waals surface area contributed by atoms with Gasteiger partial charge in [0, 0.05) is 6.04 Å². The van der Waals surface area contributed by atoms with Crippen LogP contribution in [0.25, 0.3) is 0 Å². The van der Waals surface area contributed by atoms with E-state index in [9.17, 15) is 5.11 Å². The Balaban J connectivity index is 0.00000196. The van der Waals surface area contributed by atoms with Crippen molar-refractivity contribution >= 4 is 44.3 Å². The second kappa shape index (κ2) is 6.74. The first-order chi connectivity index (χ1) is 6.56. The summed E-state index contributed by atoms with van der Waals surface area (Å²) < 4.78 is 1.35. The molecule has 0 amide bonds. The van der Waals surface area contributed by atoms with Gasteiger partial charge in [0.25, 0.3) is 0 Å². The lowest BCUT2D eigenvalue weighted by Crippen LogP contribution is -2.09. The zero-order valence-corrected chi connectivity index (χ0v) is 12.3. The van der Waals surface area contributed by atoms with E-state index in [0.717, 1.165) is 18.4 Å². The molecule has 5 heteroatoms. The van der Waals surface area contributed by atoms with Crippen molar-refractivity contribution in [1.82, 2.24) is 0 Å². The van der Waals surface area contributed by atoms with Crippen molar-refractivity contribution in [1.29, 1.82) is 0 Å². The van der Waals surface area contributed by atoms with E-state index in [-0.39, 0.29) is 24.2 Å². The van der Waals surface area contributed by atoms with Crippen molar-refractivity contribution in [2.75, 3.05) is 0 Å². The van der Waals surface area contributed by atoms with Crippen LogP contribution in [0.15, 0.2) is 21.1 Å². The molecule has 1 aromatic carbocycles. The molecule has 86 valence electrons. The quantitative estimate of drug-likeness (QED) is 0.852. The standard InChI is InChI=1S/C10H13Br2NO.ClH/c1-2-3-9(13)6-4-7(11)10(14)8(12)5-6;/h4-5,9,14H,2-3,13H2,1H3;1H/t9-;/m0./s1. The molecular formula is C10H14Br2ClNO. The first kappa shape index (κ1) is 15.2. The monoisotopic (exact) mass is 357 g/mol. The number of benzene rings is 1. The Morgan fingerprint density at radius 2 is 1.80 bits per heavy atom. The average molecular weight is 359 g/mol. The number of aromatic hydroxyl groups is 1. The highest BCUT2D eigenvalue weighted by atomic mass is 79.9. The predicted octanol–water partition coefficient (Wildman–Crippen LogP) is 4.14. The molecule has 0 spiro atoms. The van der Waals surface area contributed by atoms with Gasteiger partial charge in [-0.05, 0) is 56.0 Å². The number of phenolic OH excluding ortho intramolecular Hbond substituents is 1. The minimum Gasteiger partial charge on any atom is -0.506 e. The third-order valence-electron chi connectivity index (χ3n) is 2.07. The Kier molecular flexibility index (Phi) is 6.84. The van der Waals surface area contributed by atoms with E-state index in [4.69, 9.17) is 5.73 Å². The second-order valence-electron chi connectivity index (χ2n) is 3.23. The Morgan fingerprint density at radius 3 is 2.20 bits per heavy atom. The van der Waals surface area contributed by atoms with Crippen LogP contribution in [0.4, 0.5) is 0 Å². The first-order valence-electron chi connectivity index (χ1n) is 4.49. The van der Waals surface area contributed by atoms with Gasteiger partial charge in [-0.3, -0.25) is 0 Å². The first-order valence-corrected chi connectivity index (χ1v) is 6.08. The molecule has 0 aliphatic heterocycles. The molecule has 0 saturated heterocycles. The van der Waals surface area contributed by atoms with Crippen molar-refractivity contribution in [3.05, 3.63) is 26.6 Å². The summed E-state index contributed by atoms with van der Waals surface area (Å²) >= 11 is 6.56. The van der Waals surface area contributed by atoms with Crippen LogP contribution in [0.5, 0.6) is 5.75 Å². The summed E-state index contributed by atoms with van der Waals surface area (Å²) in [6, 6.07) is 3.76. The van der Waals surface area contributed by atoms with E-state index in [0.29, 0.717) is 8.95 Å². The molecule has 0 saturated carbocycles. The fourth-order valence-corrected chi connectivity index (χ4v) is 2.50. The molecule has 0 bridgehead atoms. The second-order valence-corrected chi connectivity index (χ2v) is 4.94. The van der Waals surface area contributed by atoms with Gasteiger partial charge in [-0.1, -0.05) is 13.3 Å². The minimum atomic E-state index is 0. The van der Waals surface area contributed by atoms with Crippen LogP contribution < -0.4 is 5.73 Å². The van der Waals surface area contributed by atoms with E-state index in [1.165, 1.54) is 0 Å². The third-order valence-corrected chi connectivity index (χ3v) is 3.28. The predicted molar refractivity (Wildman–Crippen MR) is 72.6 cm³/mol. The van der Waals surface area contributed by atoms with Crippen LogP contribution in [0.1, 0.15) is 31.4 Å². The topological polar surface area (TPSA) is 46.2 Å². The normalized spacial score (nSPS) is 12.0. The van der Waals surface area contributed by atoms with Crippen molar-refractivity contribution in [3.8, 4) is 5.75 Å². The van der Waals surface area contributed by atoms with Gasteiger partial charge in [0.1, 0.15) is 5.75 Å². The molecular weight excluding hydrogens is 345 g/mol. The van der Waals surface area contributed by atoms with Crippen molar-refractivity contribution < 1.29 is 5.11 Å². The van der Waals surface area contributed by atoms with E-state index in [1.807, 2.05) is 12.1 Å². The van der Waals surface area contributed by atoms with Gasteiger partial charge < -0.3 is 10.8 Å². The number of rotatable bonds is 3. The smallest absolute Gasteiger partial charge is 0.143 e. The zero-order chi connectivity index (χ0) is 10.7. The lowest BCUT2D eigenvalue weighted by Gasteiger charge is -2.12. The van der Waals surface area contributed by atoms with Gasteiger partial charge >= 0.3 is 0 Å². The Hall–Kier alpha value is 0.230. The maximum absolute atomic E-state index is 9.51. The Morgan fingerprint density at radius 1 is 1.33 bits per heavy atom. The number of nitrogens with two attached hydrogens (primary N) is 1. The Labute approximate surface area is 113 Å². The van der Waals surface area contributed by atoms with Gasteiger partial charge in [-0.15, -0.1) is 12.4 Å². The van der Waals surface area contributed by atoms with Gasteiger partial charge in [0.2, 0.25) is 0 Å². The zero-order valence-electron chi connectivity index (χ0n) is 8.34. The van der Waals surface area contributed by atoms with E-state index < -0.39 is 0 Å². The van der Waals surface area contributed by atoms with Crippen molar-refractivity contribution in [2.24, 2.45) is 5.73 Å². The number of phenols is 1. The molecule has 1 atom stereocenters. The highest BCUT2D eigenvalue weighted by Gasteiger charge is 2.10. The van der Waals surface area contributed by atoms with Gasteiger partial charge in [0.05, 0.1) is 8.95 Å². The van der Waals surface area contributed by atoms with Crippen molar-refractivity contribution in [3.63, 3.8) is 0 Å². The molecule has 2 nitrogen and oxygen atoms in total. The van der Waals surface area contributed by atoms with Crippen LogP contribution in [0, 0.1) is 0 Å². The summed E-state index contributed by atoms with van der Waals surface area (Å²) in [5, 5.41) is 9.51. The molecule has 0 radical (unpaired) electrons. The van der Waals surface area contributed by atoms with Crippen LogP contribution in [-0.4, -0.2) is 5.11 Å². The summed E-state index contributed by atoms with van der Waals surface area (Å²) in [4.78, 5) is 0. The van der Waals surface area contributed by atoms with E-state index in [2.05, 4.69) is 38.8 Å². The molecule has 1 aromatic rings. The highest BCUT2D eigenvalue weighted by Crippen LogP contribution is 2.35. The lowest BCUT2D eigenvalue weighted by atomic mass is 10.0. The van der Waals surface area contributed by atoms with Gasteiger partial charge in [-0.2, -0.15) is 0 Å². The van der Waals surface area contributed by atoms with Crippen molar-refractivity contribution in [2.45, 2.75) is 25.8 Å². The van der Waals surface area contributed by atoms with Crippen LogP contribution in [0.3, 0.4) is 0 Å². The van der Waals surface area contributed by atoms with Crippen LogP contribution in [-0.2, 0) is 0 Å².